The van der Waals surface area contributed by atoms with E-state index in [4.69, 9.17) is 38.5 Å². The van der Waals surface area contributed by atoms with Gasteiger partial charge in [0.25, 0.3) is 0 Å². The van der Waals surface area contributed by atoms with Crippen LogP contribution in [0.25, 0.3) is 0 Å². The van der Waals surface area contributed by atoms with Gasteiger partial charge in [-0.15, -0.1) is 0 Å². The summed E-state index contributed by atoms with van der Waals surface area (Å²) in [6, 6.07) is 0. The summed E-state index contributed by atoms with van der Waals surface area (Å²) in [6.45, 7) is 17.0. The summed E-state index contributed by atoms with van der Waals surface area (Å²) in [4.78, 5) is 43.1. The first kappa shape index (κ1) is 43.6. The number of phosphoric acid groups is 2. The van der Waals surface area contributed by atoms with Crippen LogP contribution in [0, 0.1) is 0 Å². The minimum Gasteiger partial charge on any atom is -0.303 e. The largest absolute Gasteiger partial charge is 0.466 e. The van der Waals surface area contributed by atoms with Gasteiger partial charge in [-0.1, -0.05) is 88.5 Å². The Balaban J connectivity index is -0.0000000270. The van der Waals surface area contributed by atoms with Crippen LogP contribution in [-0.2, 0) is 9.13 Å². The fourth-order valence-corrected chi connectivity index (χ4v) is 0. The standard InChI is InChI=1S/4C3H8.CH4.2H3O4P/c4*1-3-2;;2*1-5(2,3)4/h4*3H2,1-2H3;1H4;2*(H3,1,2,3,4). The van der Waals surface area contributed by atoms with E-state index in [0.29, 0.717) is 0 Å². The van der Waals surface area contributed by atoms with Crippen LogP contribution in [0.4, 0.5) is 0 Å². The predicted octanol–water partition coefficient (Wildman–Crippen LogP) is 4.44. The minimum atomic E-state index is -4.64. The first-order chi connectivity index (χ1) is 9.66. The molecule has 10 heteroatoms. The van der Waals surface area contributed by atoms with Crippen molar-refractivity contribution >= 4 is 15.6 Å². The lowest BCUT2D eigenvalue weighted by Crippen LogP contribution is -1.66. The van der Waals surface area contributed by atoms with Gasteiger partial charge in [0.2, 0.25) is 0 Å². The van der Waals surface area contributed by atoms with E-state index in [1.54, 1.807) is 0 Å². The monoisotopic (exact) mass is 388 g/mol. The first-order valence-corrected chi connectivity index (χ1v) is 10.4. The highest BCUT2D eigenvalue weighted by molar-refractivity contribution is 7.45. The Labute approximate surface area is 143 Å². The summed E-state index contributed by atoms with van der Waals surface area (Å²) in [7, 11) is -9.28. The predicted molar refractivity (Wildman–Crippen MR) is 99.1 cm³/mol. The van der Waals surface area contributed by atoms with Gasteiger partial charge in [0.05, 0.1) is 0 Å². The molecule has 6 N–H and O–H groups in total. The molecule has 0 radical (unpaired) electrons. The SMILES string of the molecule is C.CCC.CCC.CCC.CCC.O=P(O)(O)O.O=P(O)(O)O. The van der Waals surface area contributed by atoms with Gasteiger partial charge < -0.3 is 29.4 Å². The molecule has 0 bridgehead atoms. The molecule has 0 aromatic carbocycles. The van der Waals surface area contributed by atoms with E-state index in [1.807, 2.05) is 0 Å². The van der Waals surface area contributed by atoms with Gasteiger partial charge in [-0.25, -0.2) is 9.13 Å². The molecule has 0 unspecified atom stereocenters. The molecule has 0 saturated carbocycles. The molecule has 0 atom stereocenters. The van der Waals surface area contributed by atoms with Crippen molar-refractivity contribution in [2.24, 2.45) is 0 Å². The number of hydrogen-bond acceptors (Lipinski definition) is 2. The summed E-state index contributed by atoms with van der Waals surface area (Å²) >= 11 is 0. The van der Waals surface area contributed by atoms with Gasteiger partial charge >= 0.3 is 15.6 Å². The molecule has 0 saturated heterocycles. The van der Waals surface area contributed by atoms with Crippen molar-refractivity contribution < 1.29 is 38.5 Å². The molecule has 152 valence electrons. The summed E-state index contributed by atoms with van der Waals surface area (Å²) in [6.07, 6.45) is 5.00. The lowest BCUT2D eigenvalue weighted by molar-refractivity contribution is 0.272. The van der Waals surface area contributed by atoms with Crippen LogP contribution in [0.1, 0.15) is 88.5 Å². The maximum Gasteiger partial charge on any atom is 0.466 e. The van der Waals surface area contributed by atoms with Crippen molar-refractivity contribution in [3.8, 4) is 0 Å². The molecule has 23 heavy (non-hydrogen) atoms. The van der Waals surface area contributed by atoms with Crippen LogP contribution in [0.2, 0.25) is 0 Å². The molecule has 0 heterocycles. The van der Waals surface area contributed by atoms with Crippen molar-refractivity contribution in [2.45, 2.75) is 88.5 Å². The highest BCUT2D eigenvalue weighted by Crippen LogP contribution is 2.26. The van der Waals surface area contributed by atoms with Crippen LogP contribution < -0.4 is 0 Å². The molecule has 0 fully saturated rings. The van der Waals surface area contributed by atoms with E-state index >= 15 is 0 Å². The fourth-order valence-electron chi connectivity index (χ4n) is 0. The van der Waals surface area contributed by atoms with Crippen molar-refractivity contribution in [1.29, 1.82) is 0 Å². The normalized spacial score (nSPS) is 8.26. The lowest BCUT2D eigenvalue weighted by atomic mass is 10.6. The zero-order chi connectivity index (χ0) is 19.8. The molecule has 0 aromatic rings. The van der Waals surface area contributed by atoms with Gasteiger partial charge in [-0.3, -0.25) is 0 Å². The maximum atomic E-state index is 8.88. The van der Waals surface area contributed by atoms with Gasteiger partial charge in [-0.05, 0) is 0 Å². The summed E-state index contributed by atoms with van der Waals surface area (Å²) < 4.78 is 17.8. The highest BCUT2D eigenvalue weighted by Gasteiger charge is 2.00. The third-order valence-corrected chi connectivity index (χ3v) is 0. The van der Waals surface area contributed by atoms with Crippen LogP contribution in [0.15, 0.2) is 0 Å². The highest BCUT2D eigenvalue weighted by atomic mass is 31.2. The second kappa shape index (κ2) is 38.0. The third-order valence-electron chi connectivity index (χ3n) is 0. The molecular formula is C13H42O8P2. The van der Waals surface area contributed by atoms with E-state index in [1.165, 1.54) is 25.7 Å². The number of rotatable bonds is 0. The van der Waals surface area contributed by atoms with Gasteiger partial charge in [-0.2, -0.15) is 0 Å². The molecule has 0 aromatic heterocycles. The molecule has 0 aliphatic rings. The van der Waals surface area contributed by atoms with Crippen molar-refractivity contribution in [1.82, 2.24) is 0 Å². The van der Waals surface area contributed by atoms with E-state index in [0.717, 1.165) is 0 Å². The minimum absolute atomic E-state index is 0. The Kier molecular flexibility index (Phi) is 72.1. The van der Waals surface area contributed by atoms with Crippen molar-refractivity contribution in [3.05, 3.63) is 0 Å². The second-order valence-electron chi connectivity index (χ2n) is 3.85. The van der Waals surface area contributed by atoms with Crippen molar-refractivity contribution in [2.75, 3.05) is 0 Å². The van der Waals surface area contributed by atoms with E-state index in [-0.39, 0.29) is 7.43 Å². The van der Waals surface area contributed by atoms with Crippen LogP contribution in [0.3, 0.4) is 0 Å². The fraction of sp³-hybridized carbons (Fsp3) is 1.00. The van der Waals surface area contributed by atoms with Gasteiger partial charge in [0.15, 0.2) is 0 Å². The maximum absolute atomic E-state index is 8.88. The molecule has 0 amide bonds. The number of hydrogen-bond donors (Lipinski definition) is 6. The molecule has 8 nitrogen and oxygen atoms in total. The zero-order valence-electron chi connectivity index (χ0n) is 15.2. The van der Waals surface area contributed by atoms with Crippen molar-refractivity contribution in [3.63, 3.8) is 0 Å². The molecule has 0 spiro atoms. The Morgan fingerprint density at radius 2 is 0.478 bits per heavy atom. The Morgan fingerprint density at radius 1 is 0.478 bits per heavy atom. The molecule has 0 aliphatic carbocycles. The summed E-state index contributed by atoms with van der Waals surface area (Å²) in [5.41, 5.74) is 0. The van der Waals surface area contributed by atoms with Gasteiger partial charge in [0, 0.05) is 0 Å². The average Bonchev–Trinajstić information content (AvgIpc) is 2.15. The Hall–Kier alpha value is 0.220. The topological polar surface area (TPSA) is 156 Å². The quantitative estimate of drug-likeness (QED) is 0.333. The Morgan fingerprint density at radius 3 is 0.478 bits per heavy atom. The Bertz CT molecular complexity index is 181. The third kappa shape index (κ3) is 188000. The zero-order valence-corrected chi connectivity index (χ0v) is 17.0. The van der Waals surface area contributed by atoms with Crippen LogP contribution in [0.5, 0.6) is 0 Å². The average molecular weight is 388 g/mol. The summed E-state index contributed by atoms with van der Waals surface area (Å²) in [5, 5.41) is 0. The first-order valence-electron chi connectivity index (χ1n) is 7.22. The van der Waals surface area contributed by atoms with Gasteiger partial charge in [0.1, 0.15) is 0 Å². The second-order valence-corrected chi connectivity index (χ2v) is 5.91. The van der Waals surface area contributed by atoms with E-state index < -0.39 is 15.6 Å². The van der Waals surface area contributed by atoms with Crippen LogP contribution >= 0.6 is 15.6 Å². The smallest absolute Gasteiger partial charge is 0.303 e. The van der Waals surface area contributed by atoms with Crippen LogP contribution in [-0.4, -0.2) is 29.4 Å². The summed E-state index contributed by atoms with van der Waals surface area (Å²) in [5.74, 6) is 0. The van der Waals surface area contributed by atoms with E-state index in [2.05, 4.69) is 55.4 Å². The molecular weight excluding hydrogens is 346 g/mol. The molecule has 0 aliphatic heterocycles. The van der Waals surface area contributed by atoms with E-state index in [9.17, 15) is 0 Å². The lowest BCUT2D eigenvalue weighted by Gasteiger charge is -1.82. The molecule has 0 rings (SSSR count).